The van der Waals surface area contributed by atoms with Gasteiger partial charge in [-0.15, -0.1) is 0 Å². The molecule has 1 amide bonds. The molecular weight excluding hydrogens is 238 g/mol. The number of carbonyl (C=O) groups is 1. The van der Waals surface area contributed by atoms with E-state index in [1.807, 2.05) is 38.2 Å². The molecule has 1 atom stereocenters. The summed E-state index contributed by atoms with van der Waals surface area (Å²) in [6.07, 6.45) is 1.61. The molecule has 4 nitrogen and oxygen atoms in total. The SMILES string of the molecule is CCCC(N)C(=O)Nc1cccc(N(C)C(C)C)c1. The lowest BCUT2D eigenvalue weighted by molar-refractivity contribution is -0.117. The van der Waals surface area contributed by atoms with Crippen LogP contribution in [-0.2, 0) is 4.79 Å². The number of hydrogen-bond acceptors (Lipinski definition) is 3. The fourth-order valence-electron chi connectivity index (χ4n) is 1.78. The van der Waals surface area contributed by atoms with Crippen molar-refractivity contribution in [3.63, 3.8) is 0 Å². The topological polar surface area (TPSA) is 58.4 Å². The molecule has 0 fully saturated rings. The van der Waals surface area contributed by atoms with Gasteiger partial charge in [0.25, 0.3) is 0 Å². The number of nitrogens with zero attached hydrogens (tertiary/aromatic N) is 1. The number of amides is 1. The van der Waals surface area contributed by atoms with Gasteiger partial charge in [-0.3, -0.25) is 4.79 Å². The Labute approximate surface area is 116 Å². The average molecular weight is 263 g/mol. The van der Waals surface area contributed by atoms with Gasteiger partial charge in [0.2, 0.25) is 5.91 Å². The quantitative estimate of drug-likeness (QED) is 0.829. The first-order chi connectivity index (χ1) is 8.95. The van der Waals surface area contributed by atoms with Gasteiger partial charge in [0.1, 0.15) is 0 Å². The molecule has 19 heavy (non-hydrogen) atoms. The third-order valence-electron chi connectivity index (χ3n) is 3.23. The van der Waals surface area contributed by atoms with Gasteiger partial charge < -0.3 is 16.0 Å². The number of benzene rings is 1. The Morgan fingerprint density at radius 1 is 1.42 bits per heavy atom. The molecule has 0 radical (unpaired) electrons. The van der Waals surface area contributed by atoms with E-state index in [1.54, 1.807) is 0 Å². The second kappa shape index (κ2) is 7.14. The fraction of sp³-hybridized carbons (Fsp3) is 0.533. The van der Waals surface area contributed by atoms with Gasteiger partial charge >= 0.3 is 0 Å². The molecule has 0 aromatic heterocycles. The van der Waals surface area contributed by atoms with Gasteiger partial charge in [-0.25, -0.2) is 0 Å². The summed E-state index contributed by atoms with van der Waals surface area (Å²) >= 11 is 0. The molecule has 0 saturated heterocycles. The molecular formula is C15H25N3O. The Hall–Kier alpha value is -1.55. The predicted molar refractivity (Wildman–Crippen MR) is 81.5 cm³/mol. The second-order valence-electron chi connectivity index (χ2n) is 5.14. The molecule has 0 aliphatic heterocycles. The van der Waals surface area contributed by atoms with Crippen molar-refractivity contribution in [3.05, 3.63) is 24.3 Å². The number of nitrogens with one attached hydrogen (secondary N) is 1. The number of rotatable bonds is 6. The molecule has 0 saturated carbocycles. The highest BCUT2D eigenvalue weighted by atomic mass is 16.2. The highest BCUT2D eigenvalue weighted by Crippen LogP contribution is 2.20. The Bertz CT molecular complexity index is 418. The van der Waals surface area contributed by atoms with Crippen LogP contribution in [-0.4, -0.2) is 25.0 Å². The van der Waals surface area contributed by atoms with Crippen LogP contribution in [0.25, 0.3) is 0 Å². The summed E-state index contributed by atoms with van der Waals surface area (Å²) in [6.45, 7) is 6.27. The lowest BCUT2D eigenvalue weighted by Crippen LogP contribution is -2.35. The van der Waals surface area contributed by atoms with Crippen LogP contribution in [0.1, 0.15) is 33.6 Å². The number of carbonyl (C=O) groups excluding carboxylic acids is 1. The number of nitrogens with two attached hydrogens (primary N) is 1. The normalized spacial score (nSPS) is 12.3. The summed E-state index contributed by atoms with van der Waals surface area (Å²) < 4.78 is 0. The van der Waals surface area contributed by atoms with E-state index in [-0.39, 0.29) is 5.91 Å². The van der Waals surface area contributed by atoms with E-state index >= 15 is 0 Å². The zero-order chi connectivity index (χ0) is 14.4. The van der Waals surface area contributed by atoms with Crippen molar-refractivity contribution >= 4 is 17.3 Å². The third kappa shape index (κ3) is 4.56. The molecule has 0 bridgehead atoms. The molecule has 0 aliphatic rings. The van der Waals surface area contributed by atoms with Crippen LogP contribution in [0.3, 0.4) is 0 Å². The van der Waals surface area contributed by atoms with Gasteiger partial charge in [-0.05, 0) is 38.5 Å². The molecule has 0 spiro atoms. The van der Waals surface area contributed by atoms with E-state index in [2.05, 4.69) is 24.1 Å². The van der Waals surface area contributed by atoms with Crippen molar-refractivity contribution in [3.8, 4) is 0 Å². The largest absolute Gasteiger partial charge is 0.372 e. The van der Waals surface area contributed by atoms with Crippen LogP contribution in [0.5, 0.6) is 0 Å². The van der Waals surface area contributed by atoms with E-state index in [9.17, 15) is 4.79 Å². The molecule has 1 aromatic rings. The van der Waals surface area contributed by atoms with Gasteiger partial charge in [-0.2, -0.15) is 0 Å². The molecule has 1 unspecified atom stereocenters. The van der Waals surface area contributed by atoms with Crippen LogP contribution in [0.15, 0.2) is 24.3 Å². The van der Waals surface area contributed by atoms with Crippen LogP contribution in [0, 0.1) is 0 Å². The number of hydrogen-bond donors (Lipinski definition) is 2. The minimum atomic E-state index is -0.434. The Balaban J connectivity index is 2.74. The first kappa shape index (κ1) is 15.5. The average Bonchev–Trinajstić information content (AvgIpc) is 2.38. The predicted octanol–water partition coefficient (Wildman–Crippen LogP) is 2.60. The minimum absolute atomic E-state index is 0.119. The second-order valence-corrected chi connectivity index (χ2v) is 5.14. The van der Waals surface area contributed by atoms with Crippen LogP contribution in [0.4, 0.5) is 11.4 Å². The molecule has 1 aromatic carbocycles. The maximum atomic E-state index is 11.9. The van der Waals surface area contributed by atoms with Gasteiger partial charge in [0.15, 0.2) is 0 Å². The van der Waals surface area contributed by atoms with E-state index in [0.29, 0.717) is 12.5 Å². The van der Waals surface area contributed by atoms with Gasteiger partial charge in [0.05, 0.1) is 6.04 Å². The molecule has 3 N–H and O–H groups in total. The molecule has 1 rings (SSSR count). The lowest BCUT2D eigenvalue weighted by Gasteiger charge is -2.24. The molecule has 4 heteroatoms. The van der Waals surface area contributed by atoms with E-state index in [0.717, 1.165) is 17.8 Å². The highest BCUT2D eigenvalue weighted by Gasteiger charge is 2.13. The molecule has 106 valence electrons. The Morgan fingerprint density at radius 2 is 2.11 bits per heavy atom. The first-order valence-electron chi connectivity index (χ1n) is 6.85. The van der Waals surface area contributed by atoms with Gasteiger partial charge in [0, 0.05) is 24.5 Å². The Kier molecular flexibility index (Phi) is 5.83. The lowest BCUT2D eigenvalue weighted by atomic mass is 10.1. The maximum absolute atomic E-state index is 11.9. The molecule has 0 heterocycles. The van der Waals surface area contributed by atoms with Crippen molar-refractivity contribution < 1.29 is 4.79 Å². The molecule has 0 aliphatic carbocycles. The van der Waals surface area contributed by atoms with Crippen molar-refractivity contribution in [1.82, 2.24) is 0 Å². The van der Waals surface area contributed by atoms with E-state index in [4.69, 9.17) is 5.73 Å². The van der Waals surface area contributed by atoms with Crippen molar-refractivity contribution in [2.75, 3.05) is 17.3 Å². The first-order valence-corrected chi connectivity index (χ1v) is 6.85. The van der Waals surface area contributed by atoms with Crippen LogP contribution < -0.4 is 16.0 Å². The highest BCUT2D eigenvalue weighted by molar-refractivity contribution is 5.95. The zero-order valence-corrected chi connectivity index (χ0v) is 12.3. The van der Waals surface area contributed by atoms with Gasteiger partial charge in [-0.1, -0.05) is 19.4 Å². The number of anilines is 2. The van der Waals surface area contributed by atoms with Crippen molar-refractivity contribution in [1.29, 1.82) is 0 Å². The van der Waals surface area contributed by atoms with Crippen molar-refractivity contribution in [2.45, 2.75) is 45.7 Å². The van der Waals surface area contributed by atoms with E-state index < -0.39 is 6.04 Å². The fourth-order valence-corrected chi connectivity index (χ4v) is 1.78. The minimum Gasteiger partial charge on any atom is -0.372 e. The van der Waals surface area contributed by atoms with E-state index in [1.165, 1.54) is 0 Å². The summed E-state index contributed by atoms with van der Waals surface area (Å²) in [6, 6.07) is 7.80. The monoisotopic (exact) mass is 263 g/mol. The Morgan fingerprint density at radius 3 is 2.68 bits per heavy atom. The summed E-state index contributed by atoms with van der Waals surface area (Å²) in [5, 5.41) is 2.87. The smallest absolute Gasteiger partial charge is 0.241 e. The summed E-state index contributed by atoms with van der Waals surface area (Å²) in [5.41, 5.74) is 7.67. The maximum Gasteiger partial charge on any atom is 0.241 e. The standard InChI is InChI=1S/C15H25N3O/c1-5-7-14(16)15(19)17-12-8-6-9-13(10-12)18(4)11(2)3/h6,8-11,14H,5,7,16H2,1-4H3,(H,17,19). The zero-order valence-electron chi connectivity index (χ0n) is 12.3. The van der Waals surface area contributed by atoms with Crippen LogP contribution >= 0.6 is 0 Å². The summed E-state index contributed by atoms with van der Waals surface area (Å²) in [4.78, 5) is 14.0. The summed E-state index contributed by atoms with van der Waals surface area (Å²) in [5.74, 6) is -0.119. The van der Waals surface area contributed by atoms with Crippen LogP contribution in [0.2, 0.25) is 0 Å². The third-order valence-corrected chi connectivity index (χ3v) is 3.23. The van der Waals surface area contributed by atoms with Crippen molar-refractivity contribution in [2.24, 2.45) is 5.73 Å². The summed E-state index contributed by atoms with van der Waals surface area (Å²) in [7, 11) is 2.04.